The standard InChI is InChI=1S/C26H27F2N5O5S/c1-31-23(36)19-21(35)20(34)16(22(30)39-18(29)10-13-4-5-15(27)11-17(13)28)12-33(19)32(2)26(31)9-7-14-6-8-25(14,26)24(37)38-3/h4-5,11-12,14,29-30,35H,6-10H2,1-3H3/t14-,25-,26?/m1/s1. The number of nitrogens with one attached hydrogen (secondary N) is 2. The maximum absolute atomic E-state index is 14.1. The number of methoxy groups -OCH3 is 1. The molecule has 0 radical (unpaired) electrons. The van der Waals surface area contributed by atoms with Gasteiger partial charge in [0.15, 0.2) is 11.4 Å². The van der Waals surface area contributed by atoms with Crippen LogP contribution >= 0.6 is 11.8 Å². The number of carbonyl (C=O) groups is 2. The normalized spacial score (nSPS) is 25.3. The summed E-state index contributed by atoms with van der Waals surface area (Å²) in [5.41, 5.74) is -3.63. The van der Waals surface area contributed by atoms with E-state index in [1.54, 1.807) is 19.1 Å². The predicted octanol–water partition coefficient (Wildman–Crippen LogP) is 2.82. The van der Waals surface area contributed by atoms with Crippen LogP contribution in [0.2, 0.25) is 0 Å². The molecule has 1 spiro atoms. The van der Waals surface area contributed by atoms with E-state index in [0.29, 0.717) is 37.1 Å². The first-order valence-electron chi connectivity index (χ1n) is 12.3. The highest BCUT2D eigenvalue weighted by atomic mass is 32.2. The van der Waals surface area contributed by atoms with Crippen LogP contribution in [0.25, 0.3) is 0 Å². The summed E-state index contributed by atoms with van der Waals surface area (Å²) in [5, 5.41) is 28.6. The Kier molecular flexibility index (Phi) is 6.32. The molecule has 10 nitrogen and oxygen atoms in total. The molecule has 5 rings (SSSR count). The molecule has 0 bridgehead atoms. The Labute approximate surface area is 226 Å². The van der Waals surface area contributed by atoms with Gasteiger partial charge in [0.2, 0.25) is 5.43 Å². The first kappa shape index (κ1) is 26.9. The summed E-state index contributed by atoms with van der Waals surface area (Å²) in [6.07, 6.45) is 3.44. The topological polar surface area (TPSA) is 140 Å². The van der Waals surface area contributed by atoms with E-state index in [1.807, 2.05) is 0 Å². The van der Waals surface area contributed by atoms with E-state index < -0.39 is 50.8 Å². The van der Waals surface area contributed by atoms with Crippen LogP contribution in [-0.2, 0) is 16.0 Å². The fraction of sp³-hybridized carbons (Fsp3) is 0.423. The fourth-order valence-electron chi connectivity index (χ4n) is 6.65. The first-order valence-corrected chi connectivity index (χ1v) is 13.1. The van der Waals surface area contributed by atoms with Gasteiger partial charge in [-0.25, -0.2) is 8.78 Å². The van der Waals surface area contributed by atoms with Crippen LogP contribution in [-0.4, -0.2) is 63.5 Å². The largest absolute Gasteiger partial charge is 0.502 e. The van der Waals surface area contributed by atoms with E-state index in [-0.39, 0.29) is 34.2 Å². The van der Waals surface area contributed by atoms with Gasteiger partial charge in [-0.1, -0.05) is 17.8 Å². The molecule has 3 aliphatic rings. The van der Waals surface area contributed by atoms with Crippen LogP contribution in [0, 0.1) is 33.8 Å². The van der Waals surface area contributed by atoms with Gasteiger partial charge >= 0.3 is 5.97 Å². The van der Waals surface area contributed by atoms with Crippen molar-refractivity contribution in [1.82, 2.24) is 9.58 Å². The summed E-state index contributed by atoms with van der Waals surface area (Å²) in [6, 6.07) is 2.96. The molecule has 1 aliphatic heterocycles. The van der Waals surface area contributed by atoms with Gasteiger partial charge in [-0.05, 0) is 43.2 Å². The number of rotatable bonds is 4. The van der Waals surface area contributed by atoms with Gasteiger partial charge in [0.1, 0.15) is 27.8 Å². The Hall–Kier alpha value is -3.74. The number of carbonyl (C=O) groups excluding carboxylic acids is 2. The van der Waals surface area contributed by atoms with E-state index in [2.05, 4.69) is 0 Å². The number of hydrogen-bond acceptors (Lipinski definition) is 9. The maximum atomic E-state index is 14.1. The molecular weight excluding hydrogens is 532 g/mol. The second-order valence-corrected chi connectivity index (χ2v) is 11.2. The molecule has 1 amide bonds. The maximum Gasteiger partial charge on any atom is 0.316 e. The number of pyridine rings is 1. The van der Waals surface area contributed by atoms with Crippen LogP contribution in [0.5, 0.6) is 5.75 Å². The molecule has 2 aliphatic carbocycles. The van der Waals surface area contributed by atoms with Gasteiger partial charge in [0.05, 0.1) is 17.7 Å². The zero-order valence-corrected chi connectivity index (χ0v) is 22.3. The average Bonchev–Trinajstić information content (AvgIpc) is 3.11. The minimum Gasteiger partial charge on any atom is -0.502 e. The van der Waals surface area contributed by atoms with Crippen molar-refractivity contribution in [1.29, 1.82) is 10.8 Å². The minimum absolute atomic E-state index is 0.00201. The third kappa shape index (κ3) is 3.55. The smallest absolute Gasteiger partial charge is 0.316 e. The van der Waals surface area contributed by atoms with Crippen LogP contribution in [0.15, 0.2) is 29.2 Å². The first-order chi connectivity index (χ1) is 18.4. The number of fused-ring (bicyclic) bond motifs is 3. The Morgan fingerprint density at radius 1 is 1.21 bits per heavy atom. The number of aromatic nitrogens is 1. The third-order valence-electron chi connectivity index (χ3n) is 8.61. The van der Waals surface area contributed by atoms with Crippen molar-refractivity contribution in [2.75, 3.05) is 26.2 Å². The van der Waals surface area contributed by atoms with Gasteiger partial charge in [-0.3, -0.25) is 34.9 Å². The summed E-state index contributed by atoms with van der Waals surface area (Å²) < 4.78 is 33.8. The lowest BCUT2D eigenvalue weighted by atomic mass is 9.57. The van der Waals surface area contributed by atoms with Crippen LogP contribution in [0.3, 0.4) is 0 Å². The summed E-state index contributed by atoms with van der Waals surface area (Å²) in [4.78, 5) is 41.3. The third-order valence-corrected chi connectivity index (χ3v) is 9.43. The van der Waals surface area contributed by atoms with Gasteiger partial charge in [-0.15, -0.1) is 0 Å². The summed E-state index contributed by atoms with van der Waals surface area (Å²) in [7, 11) is 4.50. The number of nitrogens with zero attached hydrogens (tertiary/aromatic N) is 3. The van der Waals surface area contributed by atoms with E-state index >= 15 is 0 Å². The zero-order valence-electron chi connectivity index (χ0n) is 21.5. The van der Waals surface area contributed by atoms with Crippen LogP contribution in [0.1, 0.15) is 47.3 Å². The van der Waals surface area contributed by atoms with E-state index in [1.165, 1.54) is 28.9 Å². The fourth-order valence-corrected chi connectivity index (χ4v) is 7.38. The Balaban J connectivity index is 1.53. The SMILES string of the molecule is COC(=O)[C@@]12CC[C@@H]1CCC21N(C)C(=O)c2c(O)c(=O)c(C(=N)SC(=N)Cc3ccc(F)cc3F)cn2N1C. The van der Waals surface area contributed by atoms with E-state index in [4.69, 9.17) is 15.6 Å². The summed E-state index contributed by atoms with van der Waals surface area (Å²) in [6.45, 7) is 0. The number of thioether (sulfide) groups is 1. The van der Waals surface area contributed by atoms with E-state index in [9.17, 15) is 28.3 Å². The number of aromatic hydroxyl groups is 1. The Morgan fingerprint density at radius 2 is 1.90 bits per heavy atom. The van der Waals surface area contributed by atoms with Crippen molar-refractivity contribution in [3.05, 3.63) is 63.1 Å². The second kappa shape index (κ2) is 9.18. The molecule has 3 atom stereocenters. The lowest BCUT2D eigenvalue weighted by Crippen LogP contribution is -2.77. The molecule has 3 N–H and O–H groups in total. The number of esters is 1. The molecule has 39 heavy (non-hydrogen) atoms. The van der Waals surface area contributed by atoms with Gasteiger partial charge in [-0.2, -0.15) is 0 Å². The Morgan fingerprint density at radius 3 is 2.51 bits per heavy atom. The Bertz CT molecular complexity index is 1510. The highest BCUT2D eigenvalue weighted by molar-refractivity contribution is 8.26. The monoisotopic (exact) mass is 559 g/mol. The second-order valence-electron chi connectivity index (χ2n) is 10.1. The molecule has 2 aromatic rings. The summed E-state index contributed by atoms with van der Waals surface area (Å²) >= 11 is 0.574. The molecule has 13 heteroatoms. The average molecular weight is 560 g/mol. The van der Waals surface area contributed by atoms with Crippen molar-refractivity contribution in [2.45, 2.75) is 37.8 Å². The molecule has 1 aromatic carbocycles. The van der Waals surface area contributed by atoms with Gasteiger partial charge < -0.3 is 14.7 Å². The van der Waals surface area contributed by atoms with Gasteiger partial charge in [0.25, 0.3) is 5.91 Å². The van der Waals surface area contributed by atoms with Crippen LogP contribution < -0.4 is 10.4 Å². The molecule has 1 unspecified atom stereocenters. The number of halogens is 2. The lowest BCUT2D eigenvalue weighted by Gasteiger charge is -2.61. The molecule has 1 aromatic heterocycles. The van der Waals surface area contributed by atoms with Crippen molar-refractivity contribution in [3.63, 3.8) is 0 Å². The number of amides is 1. The van der Waals surface area contributed by atoms with Crippen molar-refractivity contribution >= 4 is 33.7 Å². The minimum atomic E-state index is -1.13. The van der Waals surface area contributed by atoms with Crippen molar-refractivity contribution in [3.8, 4) is 5.75 Å². The zero-order chi connectivity index (χ0) is 28.4. The van der Waals surface area contributed by atoms with Crippen LogP contribution in [0.4, 0.5) is 8.78 Å². The van der Waals surface area contributed by atoms with E-state index in [0.717, 1.165) is 12.5 Å². The van der Waals surface area contributed by atoms with Gasteiger partial charge in [0, 0.05) is 32.8 Å². The molecule has 206 valence electrons. The number of ether oxygens (including phenoxy) is 1. The molecule has 2 heterocycles. The molecule has 0 saturated heterocycles. The number of hydrogen-bond donors (Lipinski definition) is 3. The molecule has 2 saturated carbocycles. The lowest BCUT2D eigenvalue weighted by molar-refractivity contribution is -0.177. The summed E-state index contributed by atoms with van der Waals surface area (Å²) in [5.74, 6) is -3.53. The number of benzene rings is 1. The highest BCUT2D eigenvalue weighted by Gasteiger charge is 2.75. The van der Waals surface area contributed by atoms with Crippen molar-refractivity contribution < 1.29 is 28.2 Å². The molecular formula is C26H27F2N5O5S. The highest BCUT2D eigenvalue weighted by Crippen LogP contribution is 2.66. The predicted molar refractivity (Wildman–Crippen MR) is 140 cm³/mol. The van der Waals surface area contributed by atoms with Crippen molar-refractivity contribution in [2.24, 2.45) is 11.3 Å². The quantitative estimate of drug-likeness (QED) is 0.297. The molecule has 2 fully saturated rings.